The molecule has 0 N–H and O–H groups in total. The summed E-state index contributed by atoms with van der Waals surface area (Å²) in [7, 11) is 0.277. The zero-order valence-corrected chi connectivity index (χ0v) is 35.5. The average Bonchev–Trinajstić information content (AvgIpc) is 3.71. The monoisotopic (exact) mass is 746 g/mol. The molecule has 0 saturated carbocycles. The van der Waals surface area contributed by atoms with Crippen molar-refractivity contribution in [2.45, 2.75) is 98.3 Å². The van der Waals surface area contributed by atoms with Crippen LogP contribution < -0.4 is 0 Å². The third-order valence-corrected chi connectivity index (χ3v) is 20.1. The van der Waals surface area contributed by atoms with Crippen LogP contribution >= 0.6 is 0 Å². The van der Waals surface area contributed by atoms with E-state index in [1.54, 1.807) is 0 Å². The van der Waals surface area contributed by atoms with Gasteiger partial charge in [-0.05, 0) is 5.56 Å². The van der Waals surface area contributed by atoms with Gasteiger partial charge in [-0.15, -0.1) is 80.3 Å². The van der Waals surface area contributed by atoms with E-state index in [9.17, 15) is 0 Å². The quantitative estimate of drug-likeness (QED) is 0.107. The van der Waals surface area contributed by atoms with Crippen LogP contribution in [0.15, 0.2) is 115 Å². The predicted octanol–water partition coefficient (Wildman–Crippen LogP) is 14.6. The molecule has 0 spiro atoms. The van der Waals surface area contributed by atoms with Crippen molar-refractivity contribution in [2.75, 3.05) is 0 Å². The molecular weight excluding hydrogens is 688 g/mol. The van der Waals surface area contributed by atoms with Crippen molar-refractivity contribution in [1.29, 1.82) is 0 Å². The second-order valence-electron chi connectivity index (χ2n) is 11.9. The normalized spacial score (nSPS) is 10.2. The van der Waals surface area contributed by atoms with Crippen LogP contribution in [0.1, 0.15) is 72.8 Å². The molecule has 0 aliphatic carbocycles. The number of unbranched alkanes of at least 4 members (excludes halogenated alkanes) is 2. The first kappa shape index (κ1) is 43.7. The first-order valence-corrected chi connectivity index (χ1v) is 22.8. The molecule has 0 atom stereocenters. The largest absolute Gasteiger partial charge is 4.00 e. The summed E-state index contributed by atoms with van der Waals surface area (Å²) in [6.07, 6.45) is 4.56. The van der Waals surface area contributed by atoms with E-state index >= 15 is 0 Å². The third-order valence-electron chi connectivity index (χ3n) is 8.40. The summed E-state index contributed by atoms with van der Waals surface area (Å²) < 4.78 is 0. The maximum Gasteiger partial charge on any atom is 4.00 e. The van der Waals surface area contributed by atoms with Gasteiger partial charge in [0.1, 0.15) is 0 Å². The fraction of sp³-hybridized carbons (Fsp3) is 0.333. The Morgan fingerprint density at radius 3 is 1.54 bits per heavy atom. The van der Waals surface area contributed by atoms with Crippen LogP contribution in [0.3, 0.4) is 0 Å². The molecule has 0 aliphatic rings. The van der Waals surface area contributed by atoms with Crippen LogP contribution in [-0.2, 0) is 26.2 Å². The van der Waals surface area contributed by atoms with Crippen molar-refractivity contribution >= 4 is 48.9 Å². The Labute approximate surface area is 317 Å². The maximum atomic E-state index is 3.60. The van der Waals surface area contributed by atoms with Gasteiger partial charge in [-0.3, -0.25) is 0 Å². The number of fused-ring (bicyclic) bond motifs is 4. The molecule has 6 aromatic carbocycles. The van der Waals surface area contributed by atoms with Crippen molar-refractivity contribution in [3.63, 3.8) is 0 Å². The fourth-order valence-corrected chi connectivity index (χ4v) is 14.7. The molecule has 0 aliphatic heterocycles. The van der Waals surface area contributed by atoms with Crippen molar-refractivity contribution in [3.05, 3.63) is 135 Å². The second kappa shape index (κ2) is 25.6. The zero-order valence-electron chi connectivity index (χ0n) is 31.0. The summed E-state index contributed by atoms with van der Waals surface area (Å²) in [5, 5.41) is 8.05. The van der Waals surface area contributed by atoms with E-state index < -0.39 is 0 Å². The molecule has 0 nitrogen and oxygen atoms in total. The SMILES string of the molecule is CC[Si](CC)[Si](CC)CC.Cc1cc2ccccc2[cH-]1.[CH2-]CCC.[CH2-]CCC.[Zr+4].c1ccc(-c2cccc3[cH-]c4ccccc4c23)cc1. The third kappa shape index (κ3) is 13.9. The summed E-state index contributed by atoms with van der Waals surface area (Å²) in [6.45, 7) is 23.1. The summed E-state index contributed by atoms with van der Waals surface area (Å²) in [4.78, 5) is 0. The van der Waals surface area contributed by atoms with E-state index in [0.29, 0.717) is 0 Å². The number of aryl methyl sites for hydroxylation is 1. The fourth-order valence-electron chi connectivity index (χ4n) is 5.67. The molecule has 0 fully saturated rings. The van der Waals surface area contributed by atoms with E-state index in [0.717, 1.165) is 12.8 Å². The van der Waals surface area contributed by atoms with Crippen molar-refractivity contribution < 1.29 is 26.2 Å². The summed E-state index contributed by atoms with van der Waals surface area (Å²) in [5.41, 5.74) is 3.95. The first-order valence-electron chi connectivity index (χ1n) is 17.9. The van der Waals surface area contributed by atoms with Crippen LogP contribution in [0.2, 0.25) is 24.2 Å². The van der Waals surface area contributed by atoms with E-state index in [-0.39, 0.29) is 42.8 Å². The number of benzene rings is 4. The maximum absolute atomic E-state index is 3.60. The molecule has 0 heterocycles. The average molecular weight is 748 g/mol. The molecule has 0 bridgehead atoms. The molecule has 6 aromatic rings. The molecule has 3 heteroatoms. The van der Waals surface area contributed by atoms with Gasteiger partial charge in [0, 0.05) is 16.6 Å². The number of hydrogen-bond donors (Lipinski definition) is 0. The molecule has 48 heavy (non-hydrogen) atoms. The first-order chi connectivity index (χ1) is 22.9. The van der Waals surface area contributed by atoms with Gasteiger partial charge in [0.2, 0.25) is 0 Å². The van der Waals surface area contributed by atoms with E-state index in [1.807, 2.05) is 0 Å². The van der Waals surface area contributed by atoms with Gasteiger partial charge < -0.3 is 13.8 Å². The Balaban J connectivity index is 0.000000341. The Kier molecular flexibility index (Phi) is 23.3. The molecule has 2 radical (unpaired) electrons. The summed E-state index contributed by atoms with van der Waals surface area (Å²) >= 11 is 0. The summed E-state index contributed by atoms with van der Waals surface area (Å²) in [5.74, 6) is 0. The smallest absolute Gasteiger partial charge is 0.343 e. The molecule has 0 amide bonds. The van der Waals surface area contributed by atoms with Gasteiger partial charge in [-0.2, -0.15) is 18.9 Å². The minimum Gasteiger partial charge on any atom is -0.343 e. The Hall–Kier alpha value is -2.32. The minimum absolute atomic E-state index is 0. The van der Waals surface area contributed by atoms with Crippen LogP contribution in [-0.4, -0.2) is 16.6 Å². The number of hydrogen-bond acceptors (Lipinski definition) is 0. The van der Waals surface area contributed by atoms with Gasteiger partial charge >= 0.3 is 26.2 Å². The van der Waals surface area contributed by atoms with Gasteiger partial charge in [0.25, 0.3) is 0 Å². The number of rotatable bonds is 8. The molecular formula is C45H60Si2Zr. The van der Waals surface area contributed by atoms with Crippen LogP contribution in [0.5, 0.6) is 0 Å². The van der Waals surface area contributed by atoms with E-state index in [2.05, 4.69) is 178 Å². The Morgan fingerprint density at radius 2 is 1.02 bits per heavy atom. The molecule has 252 valence electrons. The van der Waals surface area contributed by atoms with Crippen LogP contribution in [0.25, 0.3) is 43.4 Å². The standard InChI is InChI=1S/C19H13.C10H9.C8H20Si2.2C4H9.Zr/c1-2-7-14(8-3-1)17-12-6-10-16-13-15-9-4-5-11-18(15)19(16)17;1-8-6-9-4-2-3-5-10(9)7-8;1-5-9(6-2)10(7-3)8-4;2*1-3-4-2;/h1-13H;2-7H,1H3;5-8H2,1-4H3;2*1,3-4H2,2H3;/q2*-1;;2*-1;+4. The molecule has 0 saturated heterocycles. The topological polar surface area (TPSA) is 0 Å². The van der Waals surface area contributed by atoms with Gasteiger partial charge in [-0.25, -0.2) is 0 Å². The zero-order chi connectivity index (χ0) is 34.4. The van der Waals surface area contributed by atoms with Crippen molar-refractivity contribution in [3.8, 4) is 11.1 Å². The van der Waals surface area contributed by atoms with Gasteiger partial charge in [0.05, 0.1) is 0 Å². The van der Waals surface area contributed by atoms with Crippen molar-refractivity contribution in [2.24, 2.45) is 0 Å². The predicted molar refractivity (Wildman–Crippen MR) is 221 cm³/mol. The molecule has 0 unspecified atom stereocenters. The van der Waals surface area contributed by atoms with E-state index in [4.69, 9.17) is 0 Å². The minimum atomic E-state index is 0. The van der Waals surface area contributed by atoms with E-state index in [1.165, 1.54) is 86.0 Å². The molecule has 6 rings (SSSR count). The Bertz CT molecular complexity index is 1590. The van der Waals surface area contributed by atoms with Crippen LogP contribution in [0, 0.1) is 20.8 Å². The van der Waals surface area contributed by atoms with Gasteiger partial charge in [-0.1, -0.05) is 158 Å². The summed E-state index contributed by atoms with van der Waals surface area (Å²) in [6, 6.07) is 46.9. The van der Waals surface area contributed by atoms with Crippen molar-refractivity contribution in [1.82, 2.24) is 0 Å². The molecule has 0 aromatic heterocycles. The second-order valence-corrected chi connectivity index (χ2v) is 21.3. The van der Waals surface area contributed by atoms with Gasteiger partial charge in [0.15, 0.2) is 0 Å². The van der Waals surface area contributed by atoms with Crippen LogP contribution in [0.4, 0.5) is 0 Å². The Morgan fingerprint density at radius 1 is 0.542 bits per heavy atom.